The van der Waals surface area contributed by atoms with Gasteiger partial charge in [-0.05, 0) is 37.1 Å². The molecule has 1 saturated heterocycles. The molecule has 3 heteroatoms. The Morgan fingerprint density at radius 3 is 2.71 bits per heavy atom. The average Bonchev–Trinajstić information content (AvgIpc) is 2.82. The number of nitrogens with zero attached hydrogens (tertiary/aromatic N) is 1. The second-order valence-electron chi connectivity index (χ2n) is 5.75. The lowest BCUT2D eigenvalue weighted by atomic mass is 10.1. The van der Waals surface area contributed by atoms with Gasteiger partial charge >= 0.3 is 0 Å². The minimum Gasteiger partial charge on any atom is -0.381 e. The normalized spacial score (nSPS) is 22.4. The van der Waals surface area contributed by atoms with Crippen LogP contribution in [0.3, 0.4) is 0 Å². The molecule has 2 aromatic rings. The van der Waals surface area contributed by atoms with Gasteiger partial charge in [-0.25, -0.2) is 4.39 Å². The van der Waals surface area contributed by atoms with Gasteiger partial charge in [0.05, 0.1) is 0 Å². The van der Waals surface area contributed by atoms with Crippen LogP contribution in [-0.2, 0) is 6.54 Å². The Bertz CT molecular complexity index is 585. The van der Waals surface area contributed by atoms with E-state index < -0.39 is 0 Å². The number of halogens is 1. The maximum Gasteiger partial charge on any atom is 0.125 e. The Morgan fingerprint density at radius 1 is 1.14 bits per heavy atom. The lowest BCUT2D eigenvalue weighted by Crippen LogP contribution is -2.35. The van der Waals surface area contributed by atoms with Gasteiger partial charge in [0, 0.05) is 30.9 Å². The number of hydrogen-bond acceptors (Lipinski definition) is 2. The lowest BCUT2D eigenvalue weighted by Gasteiger charge is -2.25. The number of likely N-dealkylation sites (tertiary alicyclic amines) is 1. The van der Waals surface area contributed by atoms with Crippen LogP contribution in [0.1, 0.15) is 18.9 Å². The van der Waals surface area contributed by atoms with E-state index in [1.165, 1.54) is 11.6 Å². The first-order valence-corrected chi connectivity index (χ1v) is 7.52. The standard InChI is InChI=1S/C18H21FN2/c1-14-18(20-17-9-5-8-16(19)12-17)10-11-21(14)13-15-6-3-2-4-7-15/h2-9,12,14,18,20H,10-11,13H2,1H3. The largest absolute Gasteiger partial charge is 0.381 e. The fraction of sp³-hybridized carbons (Fsp3) is 0.333. The molecule has 0 saturated carbocycles. The van der Waals surface area contributed by atoms with Crippen LogP contribution < -0.4 is 5.32 Å². The van der Waals surface area contributed by atoms with Gasteiger partial charge in [0.2, 0.25) is 0 Å². The Hall–Kier alpha value is -1.87. The summed E-state index contributed by atoms with van der Waals surface area (Å²) >= 11 is 0. The van der Waals surface area contributed by atoms with E-state index in [9.17, 15) is 4.39 Å². The molecule has 1 heterocycles. The SMILES string of the molecule is CC1C(Nc2cccc(F)c2)CCN1Cc1ccccc1. The van der Waals surface area contributed by atoms with Crippen molar-refractivity contribution in [3.8, 4) is 0 Å². The highest BCUT2D eigenvalue weighted by Crippen LogP contribution is 2.24. The number of rotatable bonds is 4. The Labute approximate surface area is 125 Å². The van der Waals surface area contributed by atoms with Crippen LogP contribution in [0, 0.1) is 5.82 Å². The van der Waals surface area contributed by atoms with Crippen LogP contribution in [0.5, 0.6) is 0 Å². The molecular formula is C18H21FN2. The summed E-state index contributed by atoms with van der Waals surface area (Å²) in [4.78, 5) is 2.48. The van der Waals surface area contributed by atoms with Crippen molar-refractivity contribution >= 4 is 5.69 Å². The predicted molar refractivity (Wildman–Crippen MR) is 84.7 cm³/mol. The third-order valence-electron chi connectivity index (χ3n) is 4.29. The van der Waals surface area contributed by atoms with E-state index in [-0.39, 0.29) is 5.82 Å². The molecule has 2 unspecified atom stereocenters. The molecule has 1 N–H and O–H groups in total. The first-order chi connectivity index (χ1) is 10.2. The zero-order chi connectivity index (χ0) is 14.7. The van der Waals surface area contributed by atoms with Crippen molar-refractivity contribution in [2.45, 2.75) is 32.0 Å². The summed E-state index contributed by atoms with van der Waals surface area (Å²) in [6, 6.07) is 18.1. The van der Waals surface area contributed by atoms with Crippen molar-refractivity contribution in [1.82, 2.24) is 4.90 Å². The van der Waals surface area contributed by atoms with Crippen LogP contribution in [-0.4, -0.2) is 23.5 Å². The first-order valence-electron chi connectivity index (χ1n) is 7.52. The molecule has 21 heavy (non-hydrogen) atoms. The molecule has 1 aliphatic heterocycles. The van der Waals surface area contributed by atoms with Crippen molar-refractivity contribution in [2.75, 3.05) is 11.9 Å². The van der Waals surface area contributed by atoms with Crippen molar-refractivity contribution in [2.24, 2.45) is 0 Å². The van der Waals surface area contributed by atoms with Gasteiger partial charge in [-0.15, -0.1) is 0 Å². The van der Waals surface area contributed by atoms with E-state index in [2.05, 4.69) is 41.4 Å². The second kappa shape index (κ2) is 6.27. The molecular weight excluding hydrogens is 263 g/mol. The summed E-state index contributed by atoms with van der Waals surface area (Å²) in [5.74, 6) is -0.188. The summed E-state index contributed by atoms with van der Waals surface area (Å²) in [6.45, 7) is 4.29. The third kappa shape index (κ3) is 3.42. The molecule has 0 amide bonds. The summed E-state index contributed by atoms with van der Waals surface area (Å²) in [6.07, 6.45) is 1.09. The van der Waals surface area contributed by atoms with E-state index in [0.29, 0.717) is 12.1 Å². The van der Waals surface area contributed by atoms with Gasteiger partial charge in [0.1, 0.15) is 5.82 Å². The van der Waals surface area contributed by atoms with Crippen LogP contribution in [0.4, 0.5) is 10.1 Å². The molecule has 3 rings (SSSR count). The van der Waals surface area contributed by atoms with Crippen molar-refractivity contribution in [3.05, 3.63) is 66.0 Å². The molecule has 0 aromatic heterocycles. The molecule has 0 radical (unpaired) electrons. The monoisotopic (exact) mass is 284 g/mol. The van der Waals surface area contributed by atoms with Crippen LogP contribution >= 0.6 is 0 Å². The molecule has 1 aliphatic rings. The number of nitrogens with one attached hydrogen (secondary N) is 1. The fourth-order valence-electron chi connectivity index (χ4n) is 3.03. The molecule has 2 aromatic carbocycles. The Kier molecular flexibility index (Phi) is 4.20. The third-order valence-corrected chi connectivity index (χ3v) is 4.29. The predicted octanol–water partition coefficient (Wildman–Crippen LogP) is 3.90. The van der Waals surface area contributed by atoms with E-state index >= 15 is 0 Å². The average molecular weight is 284 g/mol. The van der Waals surface area contributed by atoms with E-state index in [1.54, 1.807) is 12.1 Å². The zero-order valence-corrected chi connectivity index (χ0v) is 12.3. The van der Waals surface area contributed by atoms with Crippen LogP contribution in [0.2, 0.25) is 0 Å². The smallest absolute Gasteiger partial charge is 0.125 e. The Morgan fingerprint density at radius 2 is 1.95 bits per heavy atom. The Balaban J connectivity index is 1.62. The molecule has 110 valence electrons. The van der Waals surface area contributed by atoms with Gasteiger partial charge in [0.15, 0.2) is 0 Å². The highest BCUT2D eigenvalue weighted by molar-refractivity contribution is 5.44. The molecule has 0 spiro atoms. The molecule has 0 bridgehead atoms. The van der Waals surface area contributed by atoms with Gasteiger partial charge < -0.3 is 5.32 Å². The highest BCUT2D eigenvalue weighted by atomic mass is 19.1. The summed E-state index contributed by atoms with van der Waals surface area (Å²) in [5, 5.41) is 3.47. The number of hydrogen-bond donors (Lipinski definition) is 1. The zero-order valence-electron chi connectivity index (χ0n) is 12.3. The molecule has 2 nitrogen and oxygen atoms in total. The maximum absolute atomic E-state index is 13.3. The summed E-state index contributed by atoms with van der Waals surface area (Å²) < 4.78 is 13.3. The summed E-state index contributed by atoms with van der Waals surface area (Å²) in [5.41, 5.74) is 2.21. The van der Waals surface area contributed by atoms with Crippen molar-refractivity contribution in [1.29, 1.82) is 0 Å². The first kappa shape index (κ1) is 14.1. The van der Waals surface area contributed by atoms with Crippen molar-refractivity contribution in [3.63, 3.8) is 0 Å². The summed E-state index contributed by atoms with van der Waals surface area (Å²) in [7, 11) is 0. The topological polar surface area (TPSA) is 15.3 Å². The minimum atomic E-state index is -0.188. The van der Waals surface area contributed by atoms with Crippen LogP contribution in [0.25, 0.3) is 0 Å². The van der Waals surface area contributed by atoms with Crippen molar-refractivity contribution < 1.29 is 4.39 Å². The highest BCUT2D eigenvalue weighted by Gasteiger charge is 2.30. The number of benzene rings is 2. The van der Waals surface area contributed by atoms with Gasteiger partial charge in [-0.3, -0.25) is 4.90 Å². The molecule has 1 fully saturated rings. The van der Waals surface area contributed by atoms with E-state index in [1.807, 2.05) is 12.1 Å². The van der Waals surface area contributed by atoms with Crippen LogP contribution in [0.15, 0.2) is 54.6 Å². The van der Waals surface area contributed by atoms with Gasteiger partial charge in [-0.2, -0.15) is 0 Å². The molecule has 2 atom stereocenters. The minimum absolute atomic E-state index is 0.188. The lowest BCUT2D eigenvalue weighted by molar-refractivity contribution is 0.255. The number of anilines is 1. The van der Waals surface area contributed by atoms with Gasteiger partial charge in [-0.1, -0.05) is 36.4 Å². The molecule has 0 aliphatic carbocycles. The maximum atomic E-state index is 13.3. The second-order valence-corrected chi connectivity index (χ2v) is 5.75. The fourth-order valence-corrected chi connectivity index (χ4v) is 3.03. The quantitative estimate of drug-likeness (QED) is 0.916. The van der Waals surface area contributed by atoms with E-state index in [0.717, 1.165) is 25.2 Å². The van der Waals surface area contributed by atoms with E-state index in [4.69, 9.17) is 0 Å². The van der Waals surface area contributed by atoms with Gasteiger partial charge in [0.25, 0.3) is 0 Å².